The lowest BCUT2D eigenvalue weighted by molar-refractivity contribution is -0.137. The summed E-state index contributed by atoms with van der Waals surface area (Å²) in [7, 11) is 0. The van der Waals surface area contributed by atoms with E-state index in [0.29, 0.717) is 0 Å². The van der Waals surface area contributed by atoms with Crippen LogP contribution >= 0.6 is 0 Å². The van der Waals surface area contributed by atoms with Crippen LogP contribution in [0.1, 0.15) is 11.1 Å². The van der Waals surface area contributed by atoms with Crippen molar-refractivity contribution in [2.45, 2.75) is 18.7 Å². The zero-order chi connectivity index (χ0) is 16.8. The zero-order valence-electron chi connectivity index (χ0n) is 11.8. The summed E-state index contributed by atoms with van der Waals surface area (Å²) < 4.78 is 72.2. The third-order valence-corrected chi connectivity index (χ3v) is 3.73. The SMILES string of the molecule is NCC1Cc2cc(C(F)(F)F)cc(-c3cccc(F)c3F)c2O1. The van der Waals surface area contributed by atoms with Crippen molar-refractivity contribution in [1.29, 1.82) is 0 Å². The number of alkyl halides is 3. The predicted molar refractivity (Wildman–Crippen MR) is 74.0 cm³/mol. The first-order valence-corrected chi connectivity index (χ1v) is 6.86. The molecular weight excluding hydrogens is 317 g/mol. The van der Waals surface area contributed by atoms with Crippen LogP contribution in [0.25, 0.3) is 11.1 Å². The van der Waals surface area contributed by atoms with Gasteiger partial charge in [-0.05, 0) is 23.8 Å². The Morgan fingerprint density at radius 2 is 1.87 bits per heavy atom. The summed E-state index contributed by atoms with van der Waals surface area (Å²) in [5, 5.41) is 0. The van der Waals surface area contributed by atoms with Gasteiger partial charge in [0.25, 0.3) is 0 Å². The summed E-state index contributed by atoms with van der Waals surface area (Å²) in [6.45, 7) is 0.112. The molecule has 1 unspecified atom stereocenters. The minimum Gasteiger partial charge on any atom is -0.488 e. The molecule has 2 N–H and O–H groups in total. The molecule has 1 heterocycles. The molecule has 0 saturated carbocycles. The highest BCUT2D eigenvalue weighted by molar-refractivity contribution is 5.74. The van der Waals surface area contributed by atoms with Crippen molar-refractivity contribution < 1.29 is 26.7 Å². The monoisotopic (exact) mass is 329 g/mol. The average molecular weight is 329 g/mol. The molecule has 0 fully saturated rings. The van der Waals surface area contributed by atoms with Gasteiger partial charge in [-0.1, -0.05) is 12.1 Å². The van der Waals surface area contributed by atoms with Crippen LogP contribution in [0.5, 0.6) is 5.75 Å². The van der Waals surface area contributed by atoms with E-state index in [-0.39, 0.29) is 35.4 Å². The summed E-state index contributed by atoms with van der Waals surface area (Å²) >= 11 is 0. The predicted octanol–water partition coefficient (Wildman–Crippen LogP) is 3.91. The molecule has 0 aromatic heterocycles. The van der Waals surface area contributed by atoms with Gasteiger partial charge in [-0.2, -0.15) is 13.2 Å². The smallest absolute Gasteiger partial charge is 0.416 e. The molecule has 3 rings (SSSR count). The summed E-state index contributed by atoms with van der Waals surface area (Å²) in [6, 6.07) is 5.08. The lowest BCUT2D eigenvalue weighted by Crippen LogP contribution is -2.24. The van der Waals surface area contributed by atoms with Gasteiger partial charge in [-0.25, -0.2) is 8.78 Å². The largest absolute Gasteiger partial charge is 0.488 e. The number of hydrogen-bond donors (Lipinski definition) is 1. The molecule has 0 bridgehead atoms. The Kier molecular flexibility index (Phi) is 3.75. The van der Waals surface area contributed by atoms with E-state index in [4.69, 9.17) is 10.5 Å². The van der Waals surface area contributed by atoms with Crippen LogP contribution in [0.3, 0.4) is 0 Å². The van der Waals surface area contributed by atoms with E-state index in [2.05, 4.69) is 0 Å². The molecular formula is C16H12F5NO. The Bertz CT molecular complexity index is 757. The number of halogens is 5. The van der Waals surface area contributed by atoms with Gasteiger partial charge < -0.3 is 10.5 Å². The van der Waals surface area contributed by atoms with Crippen molar-refractivity contribution >= 4 is 0 Å². The Morgan fingerprint density at radius 3 is 2.52 bits per heavy atom. The van der Waals surface area contributed by atoms with Crippen LogP contribution in [-0.4, -0.2) is 12.6 Å². The average Bonchev–Trinajstić information content (AvgIpc) is 2.91. The molecule has 122 valence electrons. The van der Waals surface area contributed by atoms with Gasteiger partial charge in [0.05, 0.1) is 5.56 Å². The van der Waals surface area contributed by atoms with E-state index in [9.17, 15) is 22.0 Å². The molecule has 23 heavy (non-hydrogen) atoms. The van der Waals surface area contributed by atoms with Crippen LogP contribution in [-0.2, 0) is 12.6 Å². The zero-order valence-corrected chi connectivity index (χ0v) is 11.8. The van der Waals surface area contributed by atoms with Crippen molar-refractivity contribution in [3.05, 3.63) is 53.1 Å². The molecule has 2 aromatic carbocycles. The fraction of sp³-hybridized carbons (Fsp3) is 0.250. The Labute approximate surface area is 128 Å². The molecule has 1 aliphatic heterocycles. The third kappa shape index (κ3) is 2.76. The Hall–Kier alpha value is -2.15. The fourth-order valence-electron chi connectivity index (χ4n) is 2.64. The maximum atomic E-state index is 14.0. The second-order valence-corrected chi connectivity index (χ2v) is 5.29. The van der Waals surface area contributed by atoms with E-state index < -0.39 is 29.5 Å². The first-order chi connectivity index (χ1) is 10.8. The van der Waals surface area contributed by atoms with Gasteiger partial charge in [0.2, 0.25) is 0 Å². The van der Waals surface area contributed by atoms with Gasteiger partial charge in [0.1, 0.15) is 11.9 Å². The molecule has 0 saturated heterocycles. The number of hydrogen-bond acceptors (Lipinski definition) is 2. The maximum absolute atomic E-state index is 14.0. The highest BCUT2D eigenvalue weighted by Gasteiger charge is 2.35. The first-order valence-electron chi connectivity index (χ1n) is 6.86. The van der Waals surface area contributed by atoms with Gasteiger partial charge in [-0.15, -0.1) is 0 Å². The quantitative estimate of drug-likeness (QED) is 0.848. The first kappa shape index (κ1) is 15.7. The molecule has 0 amide bonds. The van der Waals surface area contributed by atoms with Crippen molar-refractivity contribution in [1.82, 2.24) is 0 Å². The van der Waals surface area contributed by atoms with E-state index in [1.165, 1.54) is 12.1 Å². The summed E-state index contributed by atoms with van der Waals surface area (Å²) in [5.74, 6) is -2.23. The van der Waals surface area contributed by atoms with Crippen LogP contribution in [0.4, 0.5) is 22.0 Å². The molecule has 0 spiro atoms. The van der Waals surface area contributed by atoms with E-state index in [1.807, 2.05) is 0 Å². The van der Waals surface area contributed by atoms with Gasteiger partial charge in [-0.3, -0.25) is 0 Å². The minimum atomic E-state index is -4.60. The highest BCUT2D eigenvalue weighted by atomic mass is 19.4. The van der Waals surface area contributed by atoms with Crippen molar-refractivity contribution in [2.75, 3.05) is 6.54 Å². The standard InChI is InChI=1S/C16H12F5NO/c17-13-3-1-2-11(14(13)18)12-6-9(16(19,20)21)4-8-5-10(7-22)23-15(8)12/h1-4,6,10H,5,7,22H2. The second-order valence-electron chi connectivity index (χ2n) is 5.29. The molecule has 1 atom stereocenters. The lowest BCUT2D eigenvalue weighted by atomic mass is 9.96. The lowest BCUT2D eigenvalue weighted by Gasteiger charge is -2.15. The molecule has 2 aromatic rings. The normalized spacial score (nSPS) is 17.0. The molecule has 0 aliphatic carbocycles. The van der Waals surface area contributed by atoms with E-state index >= 15 is 0 Å². The van der Waals surface area contributed by atoms with Crippen LogP contribution in [0.2, 0.25) is 0 Å². The van der Waals surface area contributed by atoms with Crippen molar-refractivity contribution in [3.8, 4) is 16.9 Å². The van der Waals surface area contributed by atoms with Gasteiger partial charge in [0, 0.05) is 24.1 Å². The Morgan fingerprint density at radius 1 is 1.13 bits per heavy atom. The summed E-state index contributed by atoms with van der Waals surface area (Å²) in [6.07, 6.45) is -4.89. The molecule has 7 heteroatoms. The van der Waals surface area contributed by atoms with E-state index in [1.54, 1.807) is 0 Å². The molecule has 0 radical (unpaired) electrons. The molecule has 1 aliphatic rings. The summed E-state index contributed by atoms with van der Waals surface area (Å²) in [5.41, 5.74) is 4.45. The second kappa shape index (κ2) is 5.49. The van der Waals surface area contributed by atoms with Crippen LogP contribution in [0, 0.1) is 11.6 Å². The maximum Gasteiger partial charge on any atom is 0.416 e. The summed E-state index contributed by atoms with van der Waals surface area (Å²) in [4.78, 5) is 0. The molecule has 2 nitrogen and oxygen atoms in total. The van der Waals surface area contributed by atoms with Gasteiger partial charge in [0.15, 0.2) is 11.6 Å². The highest BCUT2D eigenvalue weighted by Crippen LogP contribution is 2.44. The third-order valence-electron chi connectivity index (χ3n) is 3.73. The number of ether oxygens (including phenoxy) is 1. The number of rotatable bonds is 2. The number of benzene rings is 2. The fourth-order valence-corrected chi connectivity index (χ4v) is 2.64. The van der Waals surface area contributed by atoms with Crippen molar-refractivity contribution in [2.24, 2.45) is 5.73 Å². The Balaban J connectivity index is 2.24. The number of nitrogens with two attached hydrogens (primary N) is 1. The van der Waals surface area contributed by atoms with E-state index in [0.717, 1.165) is 18.2 Å². The van der Waals surface area contributed by atoms with Crippen molar-refractivity contribution in [3.63, 3.8) is 0 Å². The topological polar surface area (TPSA) is 35.2 Å². The number of fused-ring (bicyclic) bond motifs is 1. The van der Waals surface area contributed by atoms with Gasteiger partial charge >= 0.3 is 6.18 Å². The van der Waals surface area contributed by atoms with Crippen LogP contribution in [0.15, 0.2) is 30.3 Å². The minimum absolute atomic E-state index is 0.112. The van der Waals surface area contributed by atoms with Crippen LogP contribution < -0.4 is 10.5 Å².